The van der Waals surface area contributed by atoms with Crippen molar-refractivity contribution in [3.8, 4) is 0 Å². The summed E-state index contributed by atoms with van der Waals surface area (Å²) >= 11 is 0. The first-order valence-electron chi connectivity index (χ1n) is 11.1. The Balaban J connectivity index is 1.46. The number of piperidine rings is 1. The molecule has 2 aliphatic rings. The number of allylic oxidation sites excluding steroid dienone is 1. The van der Waals surface area contributed by atoms with Crippen LogP contribution in [0.4, 0.5) is 0 Å². The Labute approximate surface area is 184 Å². The van der Waals surface area contributed by atoms with E-state index in [4.69, 9.17) is 4.74 Å². The molecule has 0 unspecified atom stereocenters. The summed E-state index contributed by atoms with van der Waals surface area (Å²) in [5.74, 6) is 0.244. The summed E-state index contributed by atoms with van der Waals surface area (Å²) in [5.41, 5.74) is 0.322. The largest absolute Gasteiger partial charge is 0.481 e. The zero-order chi connectivity index (χ0) is 22.4. The minimum atomic E-state index is -0.654. The average Bonchev–Trinajstić information content (AvgIpc) is 2.74. The Morgan fingerprint density at radius 2 is 2.13 bits per heavy atom. The molecule has 168 valence electrons. The van der Waals surface area contributed by atoms with Gasteiger partial charge in [-0.05, 0) is 51.2 Å². The Morgan fingerprint density at radius 3 is 2.84 bits per heavy atom. The molecule has 0 N–H and O–H groups in total. The number of amides is 2. The number of ketones is 1. The fourth-order valence-corrected chi connectivity index (χ4v) is 4.20. The molecule has 0 aliphatic carbocycles. The van der Waals surface area contributed by atoms with Gasteiger partial charge in [-0.1, -0.05) is 6.07 Å². The molecule has 7 nitrogen and oxygen atoms in total. The van der Waals surface area contributed by atoms with Crippen LogP contribution in [-0.2, 0) is 25.5 Å². The van der Waals surface area contributed by atoms with E-state index in [0.717, 1.165) is 31.4 Å². The van der Waals surface area contributed by atoms with Gasteiger partial charge in [-0.2, -0.15) is 0 Å². The Kier molecular flexibility index (Phi) is 7.46. The van der Waals surface area contributed by atoms with Crippen LogP contribution < -0.4 is 0 Å². The lowest BCUT2D eigenvalue weighted by atomic mass is 9.92. The lowest BCUT2D eigenvalue weighted by molar-refractivity contribution is -0.139. The smallest absolute Gasteiger partial charge is 0.289 e. The summed E-state index contributed by atoms with van der Waals surface area (Å²) in [6.45, 7) is 5.53. The molecule has 31 heavy (non-hydrogen) atoms. The van der Waals surface area contributed by atoms with Crippen molar-refractivity contribution in [3.05, 3.63) is 41.9 Å². The highest BCUT2D eigenvalue weighted by Crippen LogP contribution is 2.28. The average molecular weight is 428 g/mol. The number of rotatable bonds is 7. The van der Waals surface area contributed by atoms with Crippen molar-refractivity contribution in [2.45, 2.75) is 58.0 Å². The zero-order valence-electron chi connectivity index (χ0n) is 18.8. The highest BCUT2D eigenvalue weighted by Gasteiger charge is 2.35. The summed E-state index contributed by atoms with van der Waals surface area (Å²) < 4.78 is 5.77. The van der Waals surface area contributed by atoms with Gasteiger partial charge < -0.3 is 14.5 Å². The molecule has 2 aliphatic heterocycles. The second-order valence-corrected chi connectivity index (χ2v) is 9.20. The molecule has 1 aromatic heterocycles. The van der Waals surface area contributed by atoms with Crippen LogP contribution >= 0.6 is 0 Å². The number of carbonyl (C=O) groups excluding carboxylic acids is 3. The molecule has 1 saturated heterocycles. The van der Waals surface area contributed by atoms with Gasteiger partial charge in [0.25, 0.3) is 5.91 Å². The molecule has 0 saturated carbocycles. The fraction of sp³-hybridized carbons (Fsp3) is 0.583. The Morgan fingerprint density at radius 1 is 1.32 bits per heavy atom. The van der Waals surface area contributed by atoms with Crippen LogP contribution in [0.5, 0.6) is 0 Å². The van der Waals surface area contributed by atoms with Crippen LogP contribution in [0.25, 0.3) is 0 Å². The van der Waals surface area contributed by atoms with Crippen molar-refractivity contribution in [2.75, 3.05) is 26.7 Å². The third-order valence-electron chi connectivity index (χ3n) is 5.92. The molecule has 0 aromatic carbocycles. The third kappa shape index (κ3) is 6.64. The van der Waals surface area contributed by atoms with E-state index < -0.39 is 5.60 Å². The number of nitrogens with zero attached hydrogens (tertiary/aromatic N) is 3. The van der Waals surface area contributed by atoms with Crippen molar-refractivity contribution in [1.82, 2.24) is 14.8 Å². The Hall–Kier alpha value is -2.70. The van der Waals surface area contributed by atoms with E-state index >= 15 is 0 Å². The first kappa shape index (κ1) is 23.0. The minimum Gasteiger partial charge on any atom is -0.481 e. The summed E-state index contributed by atoms with van der Waals surface area (Å²) in [6.07, 6.45) is 7.22. The molecule has 7 heteroatoms. The molecule has 1 aromatic rings. The van der Waals surface area contributed by atoms with Crippen molar-refractivity contribution < 1.29 is 19.1 Å². The van der Waals surface area contributed by atoms with Crippen LogP contribution in [-0.4, -0.2) is 64.7 Å². The summed E-state index contributed by atoms with van der Waals surface area (Å²) in [4.78, 5) is 45.2. The number of likely N-dealkylation sites (tertiary alicyclic amines) is 1. The van der Waals surface area contributed by atoms with Gasteiger partial charge in [0, 0.05) is 63.9 Å². The molecule has 0 spiro atoms. The molecule has 0 bridgehead atoms. The molecule has 2 amide bonds. The second kappa shape index (κ2) is 10.1. The number of hydrogen-bond acceptors (Lipinski definition) is 5. The summed E-state index contributed by atoms with van der Waals surface area (Å²) in [5, 5.41) is 0. The first-order chi connectivity index (χ1) is 14.7. The number of aromatic nitrogens is 1. The standard InChI is InChI=1S/C24H33N3O4/c1-24(2)16-20(28)15-21(31-24)23(30)27-13-6-7-18(17-27)9-10-22(29)26(3)14-11-19-8-4-5-12-25-19/h4-5,8,12,15,18H,6-7,9-11,13-14,16-17H2,1-3H3/t18-/m1/s1. The van der Waals surface area contributed by atoms with Gasteiger partial charge in [0.1, 0.15) is 5.60 Å². The van der Waals surface area contributed by atoms with E-state index in [9.17, 15) is 14.4 Å². The molecular weight excluding hydrogens is 394 g/mol. The second-order valence-electron chi connectivity index (χ2n) is 9.20. The number of pyridine rings is 1. The molecule has 3 heterocycles. The first-order valence-corrected chi connectivity index (χ1v) is 11.1. The van der Waals surface area contributed by atoms with E-state index in [0.29, 0.717) is 26.1 Å². The van der Waals surface area contributed by atoms with Gasteiger partial charge >= 0.3 is 0 Å². The third-order valence-corrected chi connectivity index (χ3v) is 5.92. The molecular formula is C24H33N3O4. The maximum atomic E-state index is 12.9. The number of ether oxygens (including phenoxy) is 1. The number of likely N-dealkylation sites (N-methyl/N-ethyl adjacent to an activating group) is 1. The SMILES string of the molecule is CN(CCc1ccccn1)C(=O)CC[C@H]1CCCN(C(=O)C2=CC(=O)CC(C)(C)O2)C1. The van der Waals surface area contributed by atoms with Gasteiger partial charge in [0.2, 0.25) is 5.91 Å². The van der Waals surface area contributed by atoms with Crippen molar-refractivity contribution >= 4 is 17.6 Å². The van der Waals surface area contributed by atoms with Crippen LogP contribution in [0.15, 0.2) is 36.2 Å². The lowest BCUT2D eigenvalue weighted by Crippen LogP contribution is -2.44. The van der Waals surface area contributed by atoms with E-state index in [-0.39, 0.29) is 35.7 Å². The van der Waals surface area contributed by atoms with Crippen LogP contribution in [0.1, 0.15) is 51.6 Å². The van der Waals surface area contributed by atoms with Crippen molar-refractivity contribution in [3.63, 3.8) is 0 Å². The molecule has 1 atom stereocenters. The van der Waals surface area contributed by atoms with Gasteiger partial charge in [-0.25, -0.2) is 0 Å². The monoisotopic (exact) mass is 427 g/mol. The maximum Gasteiger partial charge on any atom is 0.289 e. The summed E-state index contributed by atoms with van der Waals surface area (Å²) in [7, 11) is 1.83. The predicted molar refractivity (Wildman–Crippen MR) is 117 cm³/mol. The normalized spacial score (nSPS) is 20.6. The maximum absolute atomic E-state index is 12.9. The topological polar surface area (TPSA) is 79.8 Å². The lowest BCUT2D eigenvalue weighted by Gasteiger charge is -2.36. The predicted octanol–water partition coefficient (Wildman–Crippen LogP) is 2.75. The van der Waals surface area contributed by atoms with Crippen LogP contribution in [0.2, 0.25) is 0 Å². The fourth-order valence-electron chi connectivity index (χ4n) is 4.20. The van der Waals surface area contributed by atoms with Gasteiger partial charge in [0.15, 0.2) is 11.5 Å². The van der Waals surface area contributed by atoms with E-state index in [2.05, 4.69) is 4.98 Å². The zero-order valence-corrected chi connectivity index (χ0v) is 18.8. The van der Waals surface area contributed by atoms with E-state index in [1.54, 1.807) is 16.0 Å². The van der Waals surface area contributed by atoms with E-state index in [1.165, 1.54) is 6.08 Å². The van der Waals surface area contributed by atoms with Crippen LogP contribution in [0, 0.1) is 5.92 Å². The molecule has 3 rings (SSSR count). The van der Waals surface area contributed by atoms with Crippen molar-refractivity contribution in [1.29, 1.82) is 0 Å². The number of hydrogen-bond donors (Lipinski definition) is 0. The highest BCUT2D eigenvalue weighted by molar-refractivity contribution is 6.01. The minimum absolute atomic E-state index is 0.0764. The van der Waals surface area contributed by atoms with Gasteiger partial charge in [0.05, 0.1) is 0 Å². The number of carbonyl (C=O) groups is 3. The van der Waals surface area contributed by atoms with Gasteiger partial charge in [-0.15, -0.1) is 0 Å². The van der Waals surface area contributed by atoms with Gasteiger partial charge in [-0.3, -0.25) is 19.4 Å². The molecule has 0 radical (unpaired) electrons. The van der Waals surface area contributed by atoms with Crippen LogP contribution in [0.3, 0.4) is 0 Å². The quantitative estimate of drug-likeness (QED) is 0.669. The molecule has 1 fully saturated rings. The van der Waals surface area contributed by atoms with Crippen molar-refractivity contribution in [2.24, 2.45) is 5.92 Å². The Bertz CT molecular complexity index is 834. The summed E-state index contributed by atoms with van der Waals surface area (Å²) in [6, 6.07) is 5.80. The highest BCUT2D eigenvalue weighted by atomic mass is 16.5. The van der Waals surface area contributed by atoms with E-state index in [1.807, 2.05) is 39.1 Å².